The molecule has 0 unspecified atom stereocenters. The molecule has 102 valence electrons. The molecule has 1 aromatic carbocycles. The third kappa shape index (κ3) is 4.93. The molecule has 1 N–H and O–H groups in total. The van der Waals surface area contributed by atoms with Gasteiger partial charge in [-0.2, -0.15) is 0 Å². The lowest BCUT2D eigenvalue weighted by Gasteiger charge is -2.23. The minimum absolute atomic E-state index is 0.393. The minimum Gasteiger partial charge on any atom is -0.497 e. The topological polar surface area (TPSA) is 58.6 Å². The van der Waals surface area contributed by atoms with Crippen LogP contribution in [0.15, 0.2) is 24.3 Å². The van der Waals surface area contributed by atoms with E-state index in [1.54, 1.807) is 7.11 Å². The van der Waals surface area contributed by atoms with Crippen molar-refractivity contribution in [3.8, 4) is 5.75 Å². The monoisotopic (exact) mass is 272 g/mol. The van der Waals surface area contributed by atoms with Crippen LogP contribution in [0.3, 0.4) is 0 Å². The van der Waals surface area contributed by atoms with Gasteiger partial charge in [0, 0.05) is 31.4 Å². The Balaban J connectivity index is 2.65. The molecule has 0 aliphatic carbocycles. The van der Waals surface area contributed by atoms with Crippen molar-refractivity contribution < 1.29 is 13.2 Å². The molecule has 0 bridgehead atoms. The zero-order valence-corrected chi connectivity index (χ0v) is 11.8. The first kappa shape index (κ1) is 14.8. The first-order valence-electron chi connectivity index (χ1n) is 5.80. The molecule has 0 saturated heterocycles. The Hall–Kier alpha value is -1.27. The van der Waals surface area contributed by atoms with E-state index in [1.807, 2.05) is 31.2 Å². The van der Waals surface area contributed by atoms with E-state index in [2.05, 4.69) is 9.62 Å². The van der Waals surface area contributed by atoms with Crippen molar-refractivity contribution in [2.45, 2.75) is 6.92 Å². The summed E-state index contributed by atoms with van der Waals surface area (Å²) in [6.07, 6.45) is 1.16. The van der Waals surface area contributed by atoms with Crippen molar-refractivity contribution in [1.29, 1.82) is 0 Å². The van der Waals surface area contributed by atoms with Crippen molar-refractivity contribution in [3.63, 3.8) is 0 Å². The quantitative estimate of drug-likeness (QED) is 0.806. The largest absolute Gasteiger partial charge is 0.497 e. The molecule has 0 heterocycles. The Kier molecular flexibility index (Phi) is 5.43. The van der Waals surface area contributed by atoms with Gasteiger partial charge >= 0.3 is 0 Å². The molecule has 0 amide bonds. The highest BCUT2D eigenvalue weighted by molar-refractivity contribution is 7.88. The van der Waals surface area contributed by atoms with Crippen LogP contribution in [0.2, 0.25) is 0 Å². The number of nitrogens with one attached hydrogen (secondary N) is 1. The van der Waals surface area contributed by atoms with Crippen molar-refractivity contribution in [2.75, 3.05) is 37.9 Å². The van der Waals surface area contributed by atoms with Gasteiger partial charge in [-0.25, -0.2) is 13.1 Å². The summed E-state index contributed by atoms with van der Waals surface area (Å²) in [5.74, 6) is 0.794. The molecule has 0 aliphatic rings. The summed E-state index contributed by atoms with van der Waals surface area (Å²) >= 11 is 0. The van der Waals surface area contributed by atoms with Gasteiger partial charge in [0.1, 0.15) is 5.75 Å². The number of benzene rings is 1. The van der Waals surface area contributed by atoms with Gasteiger partial charge in [-0.05, 0) is 19.1 Å². The molecule has 0 spiro atoms. The van der Waals surface area contributed by atoms with Crippen molar-refractivity contribution in [3.05, 3.63) is 24.3 Å². The van der Waals surface area contributed by atoms with Crippen molar-refractivity contribution >= 4 is 15.7 Å². The maximum atomic E-state index is 11.0. The van der Waals surface area contributed by atoms with Crippen LogP contribution in [0.25, 0.3) is 0 Å². The van der Waals surface area contributed by atoms with Crippen LogP contribution in [0.4, 0.5) is 5.69 Å². The summed E-state index contributed by atoms with van der Waals surface area (Å²) in [5, 5.41) is 0. The second-order valence-electron chi connectivity index (χ2n) is 3.95. The Morgan fingerprint density at radius 3 is 2.67 bits per heavy atom. The highest BCUT2D eigenvalue weighted by Crippen LogP contribution is 2.20. The molecule has 0 aliphatic heterocycles. The Morgan fingerprint density at radius 2 is 2.11 bits per heavy atom. The molecule has 0 radical (unpaired) electrons. The van der Waals surface area contributed by atoms with E-state index >= 15 is 0 Å². The predicted molar refractivity (Wildman–Crippen MR) is 73.7 cm³/mol. The molecule has 1 rings (SSSR count). The fraction of sp³-hybridized carbons (Fsp3) is 0.500. The van der Waals surface area contributed by atoms with Gasteiger partial charge in [0.05, 0.1) is 13.4 Å². The van der Waals surface area contributed by atoms with E-state index in [4.69, 9.17) is 4.74 Å². The lowest BCUT2D eigenvalue weighted by atomic mass is 10.2. The van der Waals surface area contributed by atoms with Gasteiger partial charge in [-0.3, -0.25) is 0 Å². The SMILES string of the molecule is CCN(CCNS(C)(=O)=O)c1cccc(OC)c1. The van der Waals surface area contributed by atoms with E-state index in [0.29, 0.717) is 13.1 Å². The van der Waals surface area contributed by atoms with Crippen molar-refractivity contribution in [2.24, 2.45) is 0 Å². The fourth-order valence-electron chi connectivity index (χ4n) is 1.64. The second-order valence-corrected chi connectivity index (χ2v) is 5.78. The smallest absolute Gasteiger partial charge is 0.208 e. The number of hydrogen-bond donors (Lipinski definition) is 1. The highest BCUT2D eigenvalue weighted by Gasteiger charge is 2.06. The van der Waals surface area contributed by atoms with Crippen LogP contribution in [-0.2, 0) is 10.0 Å². The molecule has 0 fully saturated rings. The highest BCUT2D eigenvalue weighted by atomic mass is 32.2. The van der Waals surface area contributed by atoms with Gasteiger partial charge in [0.15, 0.2) is 0 Å². The number of ether oxygens (including phenoxy) is 1. The van der Waals surface area contributed by atoms with Crippen molar-refractivity contribution in [1.82, 2.24) is 4.72 Å². The van der Waals surface area contributed by atoms with Crippen LogP contribution in [-0.4, -0.2) is 41.4 Å². The first-order valence-corrected chi connectivity index (χ1v) is 7.69. The number of methoxy groups -OCH3 is 1. The van der Waals surface area contributed by atoms with Gasteiger partial charge in [0.2, 0.25) is 10.0 Å². The lowest BCUT2D eigenvalue weighted by molar-refractivity contribution is 0.415. The first-order chi connectivity index (χ1) is 8.46. The Bertz CT molecular complexity index is 474. The molecule has 18 heavy (non-hydrogen) atoms. The van der Waals surface area contributed by atoms with Crippen LogP contribution < -0.4 is 14.4 Å². The molecule has 1 aromatic rings. The van der Waals surface area contributed by atoms with E-state index in [-0.39, 0.29) is 0 Å². The standard InChI is InChI=1S/C12H20N2O3S/c1-4-14(9-8-13-18(3,15)16)11-6-5-7-12(10-11)17-2/h5-7,10,13H,4,8-9H2,1-3H3. The molecular formula is C12H20N2O3S. The number of rotatable bonds is 7. The maximum absolute atomic E-state index is 11.0. The molecule has 0 saturated carbocycles. The zero-order valence-electron chi connectivity index (χ0n) is 11.0. The summed E-state index contributed by atoms with van der Waals surface area (Å²) < 4.78 is 29.6. The maximum Gasteiger partial charge on any atom is 0.208 e. The normalized spacial score (nSPS) is 11.3. The molecule has 5 nitrogen and oxygen atoms in total. The molecule has 0 aromatic heterocycles. The molecule has 0 atom stereocenters. The second kappa shape index (κ2) is 6.61. The molecular weight excluding hydrogens is 252 g/mol. The summed E-state index contributed by atoms with van der Waals surface area (Å²) in [5.41, 5.74) is 1.02. The van der Waals surface area contributed by atoms with Crippen LogP contribution in [0.5, 0.6) is 5.75 Å². The number of nitrogens with zero attached hydrogens (tertiary/aromatic N) is 1. The number of likely N-dealkylation sites (N-methyl/N-ethyl adjacent to an activating group) is 1. The van der Waals surface area contributed by atoms with Gasteiger partial charge in [-0.15, -0.1) is 0 Å². The van der Waals surface area contributed by atoms with E-state index in [9.17, 15) is 8.42 Å². The lowest BCUT2D eigenvalue weighted by Crippen LogP contribution is -2.34. The van der Waals surface area contributed by atoms with Gasteiger partial charge in [0.25, 0.3) is 0 Å². The van der Waals surface area contributed by atoms with Crippen LogP contribution in [0.1, 0.15) is 6.92 Å². The van der Waals surface area contributed by atoms with Gasteiger partial charge in [-0.1, -0.05) is 6.07 Å². The van der Waals surface area contributed by atoms with Crippen LogP contribution in [0, 0.1) is 0 Å². The van der Waals surface area contributed by atoms with E-state index in [0.717, 1.165) is 24.2 Å². The predicted octanol–water partition coefficient (Wildman–Crippen LogP) is 1.07. The summed E-state index contributed by atoms with van der Waals surface area (Å²) in [6.45, 7) is 3.85. The van der Waals surface area contributed by atoms with Gasteiger partial charge < -0.3 is 9.64 Å². The third-order valence-electron chi connectivity index (χ3n) is 2.55. The average molecular weight is 272 g/mol. The summed E-state index contributed by atoms with van der Waals surface area (Å²) in [4.78, 5) is 2.08. The number of hydrogen-bond acceptors (Lipinski definition) is 4. The van der Waals surface area contributed by atoms with E-state index in [1.165, 1.54) is 0 Å². The third-order valence-corrected chi connectivity index (χ3v) is 3.27. The minimum atomic E-state index is -3.12. The fourth-order valence-corrected chi connectivity index (χ4v) is 2.11. The molecule has 6 heteroatoms. The number of sulfonamides is 1. The Morgan fingerprint density at radius 1 is 1.39 bits per heavy atom. The summed E-state index contributed by atoms with van der Waals surface area (Å²) in [6, 6.07) is 7.71. The van der Waals surface area contributed by atoms with Crippen LogP contribution >= 0.6 is 0 Å². The summed E-state index contributed by atoms with van der Waals surface area (Å²) in [7, 11) is -1.50. The average Bonchev–Trinajstić information content (AvgIpc) is 2.33. The zero-order chi connectivity index (χ0) is 13.6. The Labute approximate surface area is 109 Å². The number of anilines is 1. The van der Waals surface area contributed by atoms with E-state index < -0.39 is 10.0 Å².